The summed E-state index contributed by atoms with van der Waals surface area (Å²) >= 11 is 0. The van der Waals surface area contributed by atoms with Crippen LogP contribution in [-0.2, 0) is 9.84 Å². The molecule has 1 rings (SSSR count). The maximum atomic E-state index is 12.4. The zero-order chi connectivity index (χ0) is 16.3. The largest absolute Gasteiger partial charge is 0.329 e. The molecule has 21 heavy (non-hydrogen) atoms. The number of rotatable bonds is 6. The predicted molar refractivity (Wildman–Crippen MR) is 90.2 cm³/mol. The normalized spacial score (nSPS) is 28.0. The molecule has 0 amide bonds. The van der Waals surface area contributed by atoms with E-state index in [1.165, 1.54) is 12.8 Å². The molecule has 0 aromatic carbocycles. The molecule has 1 fully saturated rings. The van der Waals surface area contributed by atoms with Gasteiger partial charge in [0.2, 0.25) is 0 Å². The van der Waals surface area contributed by atoms with Crippen LogP contribution >= 0.6 is 0 Å². The van der Waals surface area contributed by atoms with Crippen LogP contribution < -0.4 is 5.73 Å². The van der Waals surface area contributed by atoms with Crippen LogP contribution in [0.5, 0.6) is 0 Å². The van der Waals surface area contributed by atoms with Crippen LogP contribution in [-0.4, -0.2) is 49.0 Å². The number of hydrogen-bond donors (Lipinski definition) is 1. The van der Waals surface area contributed by atoms with Crippen molar-refractivity contribution in [3.63, 3.8) is 0 Å². The number of hydrogen-bond acceptors (Lipinski definition) is 4. The summed E-state index contributed by atoms with van der Waals surface area (Å²) in [4.78, 5) is 2.33. The molecule has 0 bridgehead atoms. The fourth-order valence-corrected chi connectivity index (χ4v) is 4.57. The Morgan fingerprint density at radius 2 is 1.95 bits per heavy atom. The molecule has 0 saturated heterocycles. The average molecular weight is 319 g/mol. The summed E-state index contributed by atoms with van der Waals surface area (Å²) in [6.45, 7) is 11.8. The van der Waals surface area contributed by atoms with Gasteiger partial charge in [0.15, 0.2) is 9.84 Å². The molecule has 0 aromatic heterocycles. The average Bonchev–Trinajstić information content (AvgIpc) is 2.38. The lowest BCUT2D eigenvalue weighted by atomic mass is 9.75. The number of sulfone groups is 1. The number of nitrogens with two attached hydrogens (primary N) is 1. The van der Waals surface area contributed by atoms with Crippen molar-refractivity contribution in [1.29, 1.82) is 0 Å². The van der Waals surface area contributed by atoms with Gasteiger partial charge in [0.25, 0.3) is 0 Å². The van der Waals surface area contributed by atoms with Crippen LogP contribution in [0.25, 0.3) is 0 Å². The van der Waals surface area contributed by atoms with E-state index in [1.54, 1.807) is 20.8 Å². The van der Waals surface area contributed by atoms with Gasteiger partial charge < -0.3 is 5.73 Å². The fraction of sp³-hybridized carbons (Fsp3) is 1.00. The van der Waals surface area contributed by atoms with E-state index < -0.39 is 14.6 Å². The highest BCUT2D eigenvalue weighted by Gasteiger charge is 2.39. The smallest absolute Gasteiger partial charge is 0.156 e. The Balaban J connectivity index is 2.82. The fourth-order valence-electron chi connectivity index (χ4n) is 3.50. The molecule has 0 aliphatic heterocycles. The minimum absolute atomic E-state index is 0.000178. The molecule has 5 heteroatoms. The predicted octanol–water partition coefficient (Wildman–Crippen LogP) is 2.43. The highest BCUT2D eigenvalue weighted by molar-refractivity contribution is 7.92. The maximum Gasteiger partial charge on any atom is 0.156 e. The molecule has 1 saturated carbocycles. The first-order chi connectivity index (χ1) is 9.58. The Kier molecular flexibility index (Phi) is 6.28. The van der Waals surface area contributed by atoms with E-state index in [2.05, 4.69) is 18.7 Å². The van der Waals surface area contributed by atoms with E-state index in [0.29, 0.717) is 19.0 Å². The van der Waals surface area contributed by atoms with Crippen molar-refractivity contribution in [2.24, 2.45) is 11.7 Å². The zero-order valence-corrected chi connectivity index (χ0v) is 15.3. The van der Waals surface area contributed by atoms with Gasteiger partial charge in [-0.2, -0.15) is 0 Å². The Hall–Kier alpha value is -0.130. The van der Waals surface area contributed by atoms with Gasteiger partial charge in [0.1, 0.15) is 0 Å². The second-order valence-electron chi connectivity index (χ2n) is 7.64. The van der Waals surface area contributed by atoms with Gasteiger partial charge in [-0.1, -0.05) is 26.7 Å². The summed E-state index contributed by atoms with van der Waals surface area (Å²) in [5.74, 6) is 0.899. The van der Waals surface area contributed by atoms with Gasteiger partial charge in [-0.15, -0.1) is 0 Å². The molecule has 2 N–H and O–H groups in total. The lowest BCUT2D eigenvalue weighted by Gasteiger charge is -2.47. The van der Waals surface area contributed by atoms with Gasteiger partial charge >= 0.3 is 0 Å². The second kappa shape index (κ2) is 6.97. The topological polar surface area (TPSA) is 63.4 Å². The van der Waals surface area contributed by atoms with E-state index in [-0.39, 0.29) is 11.3 Å². The molecule has 0 spiro atoms. The molecule has 2 atom stereocenters. The van der Waals surface area contributed by atoms with Crippen molar-refractivity contribution in [3.05, 3.63) is 0 Å². The van der Waals surface area contributed by atoms with Crippen molar-refractivity contribution in [2.75, 3.05) is 25.4 Å². The third-order valence-electron chi connectivity index (χ3n) is 5.06. The summed E-state index contributed by atoms with van der Waals surface area (Å²) in [7, 11) is -3.07. The Morgan fingerprint density at radius 3 is 2.38 bits per heavy atom. The van der Waals surface area contributed by atoms with Crippen LogP contribution in [0.1, 0.15) is 60.3 Å². The molecule has 126 valence electrons. The zero-order valence-electron chi connectivity index (χ0n) is 14.5. The molecule has 0 heterocycles. The van der Waals surface area contributed by atoms with Gasteiger partial charge in [-0.25, -0.2) is 8.42 Å². The lowest BCUT2D eigenvalue weighted by Crippen LogP contribution is -2.57. The van der Waals surface area contributed by atoms with Crippen molar-refractivity contribution in [2.45, 2.75) is 70.6 Å². The van der Waals surface area contributed by atoms with E-state index in [0.717, 1.165) is 19.4 Å². The molecule has 4 nitrogen and oxygen atoms in total. The second-order valence-corrected chi connectivity index (χ2v) is 10.5. The summed E-state index contributed by atoms with van der Waals surface area (Å²) in [5.41, 5.74) is 6.11. The molecule has 0 aromatic rings. The minimum atomic E-state index is -3.07. The third kappa shape index (κ3) is 4.42. The highest BCUT2D eigenvalue weighted by Crippen LogP contribution is 2.36. The summed E-state index contributed by atoms with van der Waals surface area (Å²) in [6.07, 6.45) is 4.64. The quantitative estimate of drug-likeness (QED) is 0.817. The lowest BCUT2D eigenvalue weighted by molar-refractivity contribution is 0.0484. The first-order valence-corrected chi connectivity index (χ1v) is 9.90. The van der Waals surface area contributed by atoms with Crippen molar-refractivity contribution in [3.8, 4) is 0 Å². The van der Waals surface area contributed by atoms with Crippen LogP contribution in [0.3, 0.4) is 0 Å². The van der Waals surface area contributed by atoms with Gasteiger partial charge in [-0.05, 0) is 46.1 Å². The summed E-state index contributed by atoms with van der Waals surface area (Å²) in [5, 5.41) is 0. The van der Waals surface area contributed by atoms with E-state index in [9.17, 15) is 8.42 Å². The number of likely N-dealkylation sites (N-methyl/N-ethyl adjacent to an activating group) is 1. The van der Waals surface area contributed by atoms with E-state index >= 15 is 0 Å². The molecular formula is C16H34N2O2S. The SMILES string of the molecule is CCN(CCS(=O)(=O)C(C)(C)C)C1(CN)CCCC(C)C1. The minimum Gasteiger partial charge on any atom is -0.329 e. The van der Waals surface area contributed by atoms with Crippen molar-refractivity contribution < 1.29 is 8.42 Å². The van der Waals surface area contributed by atoms with Gasteiger partial charge in [-0.3, -0.25) is 4.90 Å². The van der Waals surface area contributed by atoms with E-state index in [4.69, 9.17) is 5.73 Å². The Bertz CT molecular complexity index is 428. The standard InChI is InChI=1S/C16H34N2O2S/c1-6-18(10-11-21(19,20)15(3,4)5)16(13-17)9-7-8-14(2)12-16/h14H,6-13,17H2,1-5H3. The molecule has 1 aliphatic carbocycles. The van der Waals surface area contributed by atoms with Crippen LogP contribution in [0, 0.1) is 5.92 Å². The van der Waals surface area contributed by atoms with Crippen molar-refractivity contribution in [1.82, 2.24) is 4.90 Å². The summed E-state index contributed by atoms with van der Waals surface area (Å²) in [6, 6.07) is 0. The van der Waals surface area contributed by atoms with Gasteiger partial charge in [0, 0.05) is 18.6 Å². The monoisotopic (exact) mass is 318 g/mol. The molecule has 0 radical (unpaired) electrons. The highest BCUT2D eigenvalue weighted by atomic mass is 32.2. The first kappa shape index (κ1) is 18.9. The molecule has 1 aliphatic rings. The van der Waals surface area contributed by atoms with Crippen LogP contribution in [0.2, 0.25) is 0 Å². The van der Waals surface area contributed by atoms with Crippen molar-refractivity contribution >= 4 is 9.84 Å². The van der Waals surface area contributed by atoms with Gasteiger partial charge in [0.05, 0.1) is 10.5 Å². The Labute approximate surface area is 131 Å². The summed E-state index contributed by atoms with van der Waals surface area (Å²) < 4.78 is 24.0. The van der Waals surface area contributed by atoms with Crippen LogP contribution in [0.4, 0.5) is 0 Å². The third-order valence-corrected chi connectivity index (χ3v) is 7.65. The van der Waals surface area contributed by atoms with Crippen LogP contribution in [0.15, 0.2) is 0 Å². The first-order valence-electron chi connectivity index (χ1n) is 8.25. The number of nitrogens with zero attached hydrogens (tertiary/aromatic N) is 1. The molecular weight excluding hydrogens is 284 g/mol. The molecule has 2 unspecified atom stereocenters. The Morgan fingerprint density at radius 1 is 1.33 bits per heavy atom. The maximum absolute atomic E-state index is 12.4. The van der Waals surface area contributed by atoms with E-state index in [1.807, 2.05) is 0 Å².